The van der Waals surface area contributed by atoms with Crippen molar-refractivity contribution >= 4 is 5.69 Å². The standard InChI is InChI=1S/C17H21N2O3/c1-19(2,12-13-22-17-6-4-3-5-7-17)14-15-8-10-16(11-9-15)18(20)21/h3-11H,12-14H2,1-2H3/q+1. The predicted molar refractivity (Wildman–Crippen MR) is 85.7 cm³/mol. The second-order valence-electron chi connectivity index (χ2n) is 5.90. The van der Waals surface area contributed by atoms with E-state index in [4.69, 9.17) is 4.74 Å². The Labute approximate surface area is 130 Å². The van der Waals surface area contributed by atoms with Crippen molar-refractivity contribution in [2.75, 3.05) is 27.2 Å². The van der Waals surface area contributed by atoms with Gasteiger partial charge in [0.15, 0.2) is 0 Å². The summed E-state index contributed by atoms with van der Waals surface area (Å²) in [5.74, 6) is 0.873. The molecule has 0 aliphatic carbocycles. The molecule has 0 aromatic heterocycles. The van der Waals surface area contributed by atoms with E-state index in [1.165, 1.54) is 0 Å². The van der Waals surface area contributed by atoms with Gasteiger partial charge in [0.2, 0.25) is 0 Å². The summed E-state index contributed by atoms with van der Waals surface area (Å²) in [5, 5.41) is 10.7. The van der Waals surface area contributed by atoms with E-state index in [1.807, 2.05) is 42.5 Å². The van der Waals surface area contributed by atoms with Crippen LogP contribution >= 0.6 is 0 Å². The van der Waals surface area contributed by atoms with E-state index in [9.17, 15) is 10.1 Å². The lowest BCUT2D eigenvalue weighted by molar-refractivity contribution is -0.903. The number of rotatable bonds is 7. The Bertz CT molecular complexity index is 610. The van der Waals surface area contributed by atoms with E-state index < -0.39 is 0 Å². The quantitative estimate of drug-likeness (QED) is 0.448. The molecule has 22 heavy (non-hydrogen) atoms. The number of ether oxygens (including phenoxy) is 1. The molecule has 0 bridgehead atoms. The van der Waals surface area contributed by atoms with Crippen LogP contribution in [0, 0.1) is 10.1 Å². The molecule has 116 valence electrons. The normalized spacial score (nSPS) is 11.2. The zero-order valence-corrected chi connectivity index (χ0v) is 12.9. The summed E-state index contributed by atoms with van der Waals surface area (Å²) < 4.78 is 6.48. The number of benzene rings is 2. The number of quaternary nitrogens is 1. The number of nitro benzene ring substituents is 1. The summed E-state index contributed by atoms with van der Waals surface area (Å²) in [6.45, 7) is 2.28. The minimum atomic E-state index is -0.378. The van der Waals surface area contributed by atoms with Crippen molar-refractivity contribution in [2.24, 2.45) is 0 Å². The maximum absolute atomic E-state index is 10.7. The zero-order chi connectivity index (χ0) is 16.0. The van der Waals surface area contributed by atoms with Crippen molar-refractivity contribution in [2.45, 2.75) is 6.54 Å². The van der Waals surface area contributed by atoms with Crippen molar-refractivity contribution in [1.29, 1.82) is 0 Å². The molecule has 2 aromatic rings. The molecule has 0 heterocycles. The molecule has 5 heteroatoms. The maximum atomic E-state index is 10.7. The van der Waals surface area contributed by atoms with Gasteiger partial charge in [-0.2, -0.15) is 0 Å². The van der Waals surface area contributed by atoms with E-state index in [0.717, 1.165) is 28.9 Å². The molecule has 0 atom stereocenters. The van der Waals surface area contributed by atoms with Crippen molar-refractivity contribution in [1.82, 2.24) is 0 Å². The first-order chi connectivity index (χ1) is 10.5. The number of nitro groups is 1. The first-order valence-electron chi connectivity index (χ1n) is 7.19. The first kappa shape index (κ1) is 16.0. The molecule has 0 saturated heterocycles. The molecule has 2 rings (SSSR count). The van der Waals surface area contributed by atoms with Crippen LogP contribution in [-0.2, 0) is 6.54 Å². The fourth-order valence-electron chi connectivity index (χ4n) is 2.22. The largest absolute Gasteiger partial charge is 0.488 e. The summed E-state index contributed by atoms with van der Waals surface area (Å²) in [5.41, 5.74) is 1.21. The molecule has 0 fully saturated rings. The van der Waals surface area contributed by atoms with Gasteiger partial charge in [0.05, 0.1) is 19.0 Å². The third-order valence-electron chi connectivity index (χ3n) is 3.47. The van der Waals surface area contributed by atoms with Crippen LogP contribution in [0.15, 0.2) is 54.6 Å². The van der Waals surface area contributed by atoms with E-state index in [2.05, 4.69) is 14.1 Å². The van der Waals surface area contributed by atoms with Gasteiger partial charge in [0.25, 0.3) is 5.69 Å². The van der Waals surface area contributed by atoms with Gasteiger partial charge in [-0.05, 0) is 24.3 Å². The van der Waals surface area contributed by atoms with Crippen LogP contribution in [0.1, 0.15) is 5.56 Å². The van der Waals surface area contributed by atoms with Gasteiger partial charge in [-0.15, -0.1) is 0 Å². The molecular weight excluding hydrogens is 280 g/mol. The Kier molecular flexibility index (Phi) is 5.12. The summed E-state index contributed by atoms with van der Waals surface area (Å²) in [4.78, 5) is 10.3. The third kappa shape index (κ3) is 4.86. The molecule has 0 N–H and O–H groups in total. The molecule has 5 nitrogen and oxygen atoms in total. The predicted octanol–water partition coefficient (Wildman–Crippen LogP) is 3.25. The van der Waals surface area contributed by atoms with Crippen molar-refractivity contribution in [3.05, 3.63) is 70.3 Å². The van der Waals surface area contributed by atoms with E-state index >= 15 is 0 Å². The Hall–Kier alpha value is -2.40. The van der Waals surface area contributed by atoms with Crippen LogP contribution in [0.4, 0.5) is 5.69 Å². The highest BCUT2D eigenvalue weighted by molar-refractivity contribution is 5.32. The van der Waals surface area contributed by atoms with Crippen LogP contribution in [0.5, 0.6) is 5.75 Å². The lowest BCUT2D eigenvalue weighted by Crippen LogP contribution is -2.41. The smallest absolute Gasteiger partial charge is 0.269 e. The van der Waals surface area contributed by atoms with Gasteiger partial charge < -0.3 is 9.22 Å². The average Bonchev–Trinajstić information content (AvgIpc) is 2.48. The van der Waals surface area contributed by atoms with Crippen LogP contribution in [0.3, 0.4) is 0 Å². The van der Waals surface area contributed by atoms with Gasteiger partial charge in [0, 0.05) is 17.7 Å². The van der Waals surface area contributed by atoms with Crippen molar-refractivity contribution in [3.63, 3.8) is 0 Å². The number of hydrogen-bond donors (Lipinski definition) is 0. The molecule has 0 amide bonds. The Morgan fingerprint density at radius 3 is 2.27 bits per heavy atom. The summed E-state index contributed by atoms with van der Waals surface area (Å²) in [6.07, 6.45) is 0. The topological polar surface area (TPSA) is 52.4 Å². The molecule has 0 unspecified atom stereocenters. The SMILES string of the molecule is C[N+](C)(CCOc1ccccc1)Cc1ccc([N+](=O)[O-])cc1. The fraction of sp³-hybridized carbons (Fsp3) is 0.294. The van der Waals surface area contributed by atoms with Gasteiger partial charge in [0.1, 0.15) is 25.4 Å². The second-order valence-corrected chi connectivity index (χ2v) is 5.90. The second kappa shape index (κ2) is 7.04. The number of para-hydroxylation sites is 1. The summed E-state index contributed by atoms with van der Waals surface area (Å²) in [7, 11) is 4.24. The van der Waals surface area contributed by atoms with Crippen molar-refractivity contribution in [3.8, 4) is 5.75 Å². The molecular formula is C17H21N2O3+. The minimum absolute atomic E-state index is 0.126. The van der Waals surface area contributed by atoms with E-state index in [1.54, 1.807) is 12.1 Å². The average molecular weight is 301 g/mol. The van der Waals surface area contributed by atoms with Crippen molar-refractivity contribution < 1.29 is 14.1 Å². The lowest BCUT2D eigenvalue weighted by atomic mass is 10.2. The minimum Gasteiger partial charge on any atom is -0.488 e. The molecule has 0 saturated carbocycles. The monoisotopic (exact) mass is 301 g/mol. The molecule has 0 radical (unpaired) electrons. The summed E-state index contributed by atoms with van der Waals surface area (Å²) in [6, 6.07) is 16.5. The Morgan fingerprint density at radius 1 is 1.05 bits per heavy atom. The zero-order valence-electron chi connectivity index (χ0n) is 12.9. The first-order valence-corrected chi connectivity index (χ1v) is 7.19. The molecule has 0 spiro atoms. The highest BCUT2D eigenvalue weighted by Gasteiger charge is 2.16. The Balaban J connectivity index is 1.86. The van der Waals surface area contributed by atoms with Crippen LogP contribution in [0.2, 0.25) is 0 Å². The molecule has 2 aromatic carbocycles. The van der Waals surface area contributed by atoms with E-state index in [-0.39, 0.29) is 10.6 Å². The van der Waals surface area contributed by atoms with Gasteiger partial charge in [-0.25, -0.2) is 0 Å². The van der Waals surface area contributed by atoms with Gasteiger partial charge >= 0.3 is 0 Å². The molecule has 0 aliphatic heterocycles. The number of hydrogen-bond acceptors (Lipinski definition) is 3. The Morgan fingerprint density at radius 2 is 1.68 bits per heavy atom. The van der Waals surface area contributed by atoms with Gasteiger partial charge in [-0.3, -0.25) is 10.1 Å². The highest BCUT2D eigenvalue weighted by Crippen LogP contribution is 2.15. The van der Waals surface area contributed by atoms with Gasteiger partial charge in [-0.1, -0.05) is 18.2 Å². The number of likely N-dealkylation sites (N-methyl/N-ethyl adjacent to an activating group) is 1. The fourth-order valence-corrected chi connectivity index (χ4v) is 2.22. The lowest BCUT2D eigenvalue weighted by Gasteiger charge is -2.29. The van der Waals surface area contributed by atoms with Crippen LogP contribution < -0.4 is 4.74 Å². The van der Waals surface area contributed by atoms with Crippen LogP contribution in [-0.4, -0.2) is 36.7 Å². The molecule has 0 aliphatic rings. The maximum Gasteiger partial charge on any atom is 0.269 e. The number of nitrogens with zero attached hydrogens (tertiary/aromatic N) is 2. The summed E-state index contributed by atoms with van der Waals surface area (Å²) >= 11 is 0. The third-order valence-corrected chi connectivity index (χ3v) is 3.47. The number of non-ortho nitro benzene ring substituents is 1. The highest BCUT2D eigenvalue weighted by atomic mass is 16.6. The van der Waals surface area contributed by atoms with Crippen LogP contribution in [0.25, 0.3) is 0 Å². The van der Waals surface area contributed by atoms with E-state index in [0.29, 0.717) is 6.61 Å².